The van der Waals surface area contributed by atoms with Crippen molar-refractivity contribution >= 4 is 15.9 Å². The van der Waals surface area contributed by atoms with Crippen molar-refractivity contribution in [1.29, 1.82) is 5.41 Å². The molecule has 0 aliphatic heterocycles. The van der Waals surface area contributed by atoms with Crippen molar-refractivity contribution in [1.82, 2.24) is 4.72 Å². The Labute approximate surface area is 83.6 Å². The minimum atomic E-state index is -3.21. The topological polar surface area (TPSA) is 96.0 Å². The summed E-state index contributed by atoms with van der Waals surface area (Å²) in [4.78, 5) is 0. The molecule has 2 saturated carbocycles. The molecule has 0 aromatic carbocycles. The molecular weight excluding hydrogens is 202 g/mol. The molecule has 1 atom stereocenters. The molecule has 80 valence electrons. The van der Waals surface area contributed by atoms with Crippen LogP contribution in [0.2, 0.25) is 0 Å². The highest BCUT2D eigenvalue weighted by Gasteiger charge is 2.41. The first kappa shape index (κ1) is 9.92. The molecular formula is C8H15N3O2S. The molecule has 5 nitrogen and oxygen atoms in total. The molecule has 0 saturated heterocycles. The first-order valence-electron chi connectivity index (χ1n) is 4.86. The Morgan fingerprint density at radius 3 is 2.29 bits per heavy atom. The summed E-state index contributed by atoms with van der Waals surface area (Å²) in [5.74, 6) is 0.192. The van der Waals surface area contributed by atoms with Crippen molar-refractivity contribution in [3.05, 3.63) is 0 Å². The third kappa shape index (κ3) is 2.06. The van der Waals surface area contributed by atoms with Crippen LogP contribution in [0, 0.1) is 11.3 Å². The van der Waals surface area contributed by atoms with E-state index in [1.165, 1.54) is 0 Å². The van der Waals surface area contributed by atoms with Crippen LogP contribution in [-0.4, -0.2) is 25.5 Å². The summed E-state index contributed by atoms with van der Waals surface area (Å²) in [6, 6.07) is -0.458. The zero-order valence-corrected chi connectivity index (χ0v) is 8.68. The molecule has 6 heteroatoms. The van der Waals surface area contributed by atoms with Gasteiger partial charge in [0.2, 0.25) is 10.0 Å². The third-order valence-corrected chi connectivity index (χ3v) is 4.61. The fourth-order valence-electron chi connectivity index (χ4n) is 1.49. The van der Waals surface area contributed by atoms with E-state index in [1.54, 1.807) is 0 Å². The predicted molar refractivity (Wildman–Crippen MR) is 53.5 cm³/mol. The van der Waals surface area contributed by atoms with Gasteiger partial charge in [0.25, 0.3) is 0 Å². The van der Waals surface area contributed by atoms with Gasteiger partial charge in [-0.2, -0.15) is 0 Å². The van der Waals surface area contributed by atoms with E-state index in [0.717, 1.165) is 25.7 Å². The molecule has 2 fully saturated rings. The van der Waals surface area contributed by atoms with Gasteiger partial charge in [-0.05, 0) is 31.6 Å². The summed E-state index contributed by atoms with van der Waals surface area (Å²) in [6.45, 7) is 0. The molecule has 0 amide bonds. The minimum absolute atomic E-state index is 0.0586. The standard InChI is InChI=1S/C8H15N3O2S/c9-8(10)7(5-1-2-5)11-14(12,13)6-3-4-6/h5-7,11H,1-4H2,(H3,9,10). The number of hydrogen-bond donors (Lipinski definition) is 3. The third-order valence-electron chi connectivity index (χ3n) is 2.68. The second-order valence-corrected chi connectivity index (χ2v) is 6.13. The van der Waals surface area contributed by atoms with Crippen LogP contribution in [-0.2, 0) is 10.0 Å². The van der Waals surface area contributed by atoms with Crippen molar-refractivity contribution in [3.8, 4) is 0 Å². The second kappa shape index (κ2) is 3.20. The lowest BCUT2D eigenvalue weighted by atomic mass is 10.2. The average molecular weight is 217 g/mol. The normalized spacial score (nSPS) is 24.6. The maximum atomic E-state index is 11.6. The van der Waals surface area contributed by atoms with Crippen LogP contribution in [0.15, 0.2) is 0 Å². The Bertz CT molecular complexity index is 344. The zero-order valence-electron chi connectivity index (χ0n) is 7.86. The second-order valence-electron chi connectivity index (χ2n) is 4.13. The highest BCUT2D eigenvalue weighted by atomic mass is 32.2. The Kier molecular flexibility index (Phi) is 2.27. The van der Waals surface area contributed by atoms with Crippen LogP contribution < -0.4 is 10.5 Å². The lowest BCUT2D eigenvalue weighted by Gasteiger charge is -2.16. The highest BCUT2D eigenvalue weighted by molar-refractivity contribution is 7.90. The first-order valence-corrected chi connectivity index (χ1v) is 6.40. The summed E-state index contributed by atoms with van der Waals surface area (Å²) in [7, 11) is -3.21. The zero-order chi connectivity index (χ0) is 10.3. The monoisotopic (exact) mass is 217 g/mol. The predicted octanol–water partition coefficient (Wildman–Crippen LogP) is -0.217. The van der Waals surface area contributed by atoms with Gasteiger partial charge >= 0.3 is 0 Å². The SMILES string of the molecule is N=C(N)C(NS(=O)(=O)C1CC1)C1CC1. The fourth-order valence-corrected chi connectivity index (χ4v) is 3.12. The van der Waals surface area contributed by atoms with Crippen LogP contribution in [0.5, 0.6) is 0 Å². The van der Waals surface area contributed by atoms with Gasteiger partial charge in [0.1, 0.15) is 5.84 Å². The number of amidine groups is 1. The van der Waals surface area contributed by atoms with Gasteiger partial charge in [-0.15, -0.1) is 0 Å². The van der Waals surface area contributed by atoms with Crippen molar-refractivity contribution in [2.45, 2.75) is 37.0 Å². The van der Waals surface area contributed by atoms with Gasteiger partial charge in [0.15, 0.2) is 0 Å². The Morgan fingerprint density at radius 1 is 1.36 bits per heavy atom. The van der Waals surface area contributed by atoms with Gasteiger partial charge in [0.05, 0.1) is 11.3 Å². The molecule has 0 aromatic rings. The molecule has 0 radical (unpaired) electrons. The maximum Gasteiger partial charge on any atom is 0.215 e. The number of nitrogens with one attached hydrogen (secondary N) is 2. The molecule has 0 heterocycles. The van der Waals surface area contributed by atoms with E-state index in [0.29, 0.717) is 0 Å². The Balaban J connectivity index is 2.02. The van der Waals surface area contributed by atoms with Gasteiger partial charge in [-0.25, -0.2) is 13.1 Å². The summed E-state index contributed by atoms with van der Waals surface area (Å²) in [6.07, 6.45) is 3.42. The van der Waals surface area contributed by atoms with Crippen LogP contribution in [0.1, 0.15) is 25.7 Å². The minimum Gasteiger partial charge on any atom is -0.386 e. The van der Waals surface area contributed by atoms with E-state index in [1.807, 2.05) is 0 Å². The van der Waals surface area contributed by atoms with Gasteiger partial charge in [0, 0.05) is 0 Å². The summed E-state index contributed by atoms with van der Waals surface area (Å²) in [5.41, 5.74) is 5.36. The molecule has 2 rings (SSSR count). The van der Waals surface area contributed by atoms with Crippen molar-refractivity contribution in [2.24, 2.45) is 11.7 Å². The summed E-state index contributed by atoms with van der Waals surface area (Å²) in [5, 5.41) is 7.08. The number of rotatable bonds is 5. The molecule has 0 bridgehead atoms. The van der Waals surface area contributed by atoms with Gasteiger partial charge in [-0.3, -0.25) is 5.41 Å². The largest absolute Gasteiger partial charge is 0.386 e. The summed E-state index contributed by atoms with van der Waals surface area (Å²) >= 11 is 0. The van der Waals surface area contributed by atoms with E-state index in [9.17, 15) is 8.42 Å². The number of nitrogens with two attached hydrogens (primary N) is 1. The smallest absolute Gasteiger partial charge is 0.215 e. The van der Waals surface area contributed by atoms with Crippen LogP contribution in [0.4, 0.5) is 0 Å². The lowest BCUT2D eigenvalue weighted by Crippen LogP contribution is -2.46. The number of sulfonamides is 1. The molecule has 0 spiro atoms. The quantitative estimate of drug-likeness (QED) is 0.439. The molecule has 0 aromatic heterocycles. The molecule has 14 heavy (non-hydrogen) atoms. The molecule has 2 aliphatic carbocycles. The van der Waals surface area contributed by atoms with Crippen LogP contribution in [0.3, 0.4) is 0 Å². The van der Waals surface area contributed by atoms with Crippen LogP contribution in [0.25, 0.3) is 0 Å². The fraction of sp³-hybridized carbons (Fsp3) is 0.875. The Morgan fingerprint density at radius 2 is 1.93 bits per heavy atom. The highest BCUT2D eigenvalue weighted by Crippen LogP contribution is 2.34. The Hall–Kier alpha value is -0.620. The first-order chi connectivity index (χ1) is 6.50. The molecule has 4 N–H and O–H groups in total. The van der Waals surface area contributed by atoms with E-state index in [-0.39, 0.29) is 17.0 Å². The lowest BCUT2D eigenvalue weighted by molar-refractivity contribution is 0.561. The molecule has 2 aliphatic rings. The van der Waals surface area contributed by atoms with Gasteiger partial charge in [-0.1, -0.05) is 0 Å². The van der Waals surface area contributed by atoms with E-state index < -0.39 is 16.1 Å². The van der Waals surface area contributed by atoms with E-state index >= 15 is 0 Å². The molecule has 1 unspecified atom stereocenters. The van der Waals surface area contributed by atoms with E-state index in [2.05, 4.69) is 4.72 Å². The summed E-state index contributed by atoms with van der Waals surface area (Å²) < 4.78 is 25.7. The van der Waals surface area contributed by atoms with Crippen LogP contribution >= 0.6 is 0 Å². The average Bonchev–Trinajstić information content (AvgIpc) is 2.88. The van der Waals surface area contributed by atoms with Gasteiger partial charge < -0.3 is 5.73 Å². The number of hydrogen-bond acceptors (Lipinski definition) is 3. The van der Waals surface area contributed by atoms with E-state index in [4.69, 9.17) is 11.1 Å². The van der Waals surface area contributed by atoms with Crippen molar-refractivity contribution in [3.63, 3.8) is 0 Å². The van der Waals surface area contributed by atoms with Crippen molar-refractivity contribution < 1.29 is 8.42 Å². The maximum absolute atomic E-state index is 11.6. The van der Waals surface area contributed by atoms with Crippen molar-refractivity contribution in [2.75, 3.05) is 0 Å².